The van der Waals surface area contributed by atoms with E-state index in [1.165, 1.54) is 0 Å². The van der Waals surface area contributed by atoms with Crippen molar-refractivity contribution in [3.63, 3.8) is 0 Å². The molecule has 0 aliphatic carbocycles. The average molecular weight is 430 g/mol. The van der Waals surface area contributed by atoms with Crippen molar-refractivity contribution in [2.45, 2.75) is 13.3 Å². The molecule has 0 fully saturated rings. The van der Waals surface area contributed by atoms with E-state index in [2.05, 4.69) is 11.1 Å². The van der Waals surface area contributed by atoms with Gasteiger partial charge in [-0.2, -0.15) is 5.26 Å². The third-order valence-corrected chi connectivity index (χ3v) is 5.05. The highest BCUT2D eigenvalue weighted by Gasteiger charge is 2.22. The molecule has 0 atom stereocenters. The first-order chi connectivity index (χ1) is 15.7. The van der Waals surface area contributed by atoms with Crippen LogP contribution in [0.15, 0.2) is 48.5 Å². The Morgan fingerprint density at radius 1 is 1.12 bits per heavy atom. The third-order valence-electron chi connectivity index (χ3n) is 5.05. The second kappa shape index (κ2) is 9.41. The van der Waals surface area contributed by atoms with Crippen molar-refractivity contribution >= 4 is 6.08 Å². The Hall–Kier alpha value is -4.02. The lowest BCUT2D eigenvalue weighted by molar-refractivity contribution is 0.174. The fraction of sp³-hybridized carbons (Fsp3) is 0.200. The number of methoxy groups -OCH3 is 1. The summed E-state index contributed by atoms with van der Waals surface area (Å²) in [4.78, 5) is 4.65. The molecule has 3 aromatic rings. The zero-order valence-corrected chi connectivity index (χ0v) is 17.8. The molecular formula is C25H22N2O5. The predicted octanol–water partition coefficient (Wildman–Crippen LogP) is 4.72. The monoisotopic (exact) mass is 430 g/mol. The number of fused-ring (bicyclic) bond motifs is 1. The molecule has 0 amide bonds. The van der Waals surface area contributed by atoms with Crippen LogP contribution < -0.4 is 18.9 Å². The van der Waals surface area contributed by atoms with Crippen LogP contribution >= 0.6 is 0 Å². The van der Waals surface area contributed by atoms with E-state index in [0.29, 0.717) is 40.5 Å². The van der Waals surface area contributed by atoms with Gasteiger partial charge in [-0.15, -0.1) is 0 Å². The van der Waals surface area contributed by atoms with E-state index in [0.717, 1.165) is 16.8 Å². The van der Waals surface area contributed by atoms with Gasteiger partial charge in [-0.05, 0) is 36.2 Å². The summed E-state index contributed by atoms with van der Waals surface area (Å²) in [6.45, 7) is 2.02. The van der Waals surface area contributed by atoms with Gasteiger partial charge in [0.05, 0.1) is 19.4 Å². The van der Waals surface area contributed by atoms with Gasteiger partial charge in [-0.1, -0.05) is 31.2 Å². The maximum atomic E-state index is 10.1. The number of rotatable bonds is 7. The molecule has 0 unspecified atom stereocenters. The standard InChI is InChI=1S/C25H22N2O5/c1-3-21-19(5-4-12-28)24(16-6-8-17(29-2)9-7-16)20(14-26)25(27-21)32-18-10-11-22-23(13-18)31-15-30-22/h4-11,13,28H,3,12,15H2,1-2H3. The molecule has 2 aromatic carbocycles. The Morgan fingerprint density at radius 3 is 2.56 bits per heavy atom. The van der Waals surface area contributed by atoms with Crippen LogP contribution in [-0.2, 0) is 6.42 Å². The summed E-state index contributed by atoms with van der Waals surface area (Å²) in [7, 11) is 1.60. The summed E-state index contributed by atoms with van der Waals surface area (Å²) in [6, 6.07) is 14.9. The number of aliphatic hydroxyl groups excluding tert-OH is 1. The third kappa shape index (κ3) is 4.09. The Bertz CT molecular complexity index is 1200. The summed E-state index contributed by atoms with van der Waals surface area (Å²) in [5, 5.41) is 19.4. The number of benzene rings is 2. The summed E-state index contributed by atoms with van der Waals surface area (Å²) in [6.07, 6.45) is 4.02. The number of aliphatic hydroxyl groups is 1. The van der Waals surface area contributed by atoms with Crippen molar-refractivity contribution in [1.29, 1.82) is 5.26 Å². The number of aryl methyl sites for hydroxylation is 1. The van der Waals surface area contributed by atoms with Gasteiger partial charge in [0.15, 0.2) is 11.5 Å². The molecule has 4 rings (SSSR count). The molecule has 1 aliphatic heterocycles. The van der Waals surface area contributed by atoms with Crippen LogP contribution in [0.1, 0.15) is 23.7 Å². The molecule has 7 heteroatoms. The lowest BCUT2D eigenvalue weighted by atomic mass is 9.93. The van der Waals surface area contributed by atoms with Crippen molar-refractivity contribution in [2.24, 2.45) is 0 Å². The highest BCUT2D eigenvalue weighted by Crippen LogP contribution is 2.40. The number of aromatic nitrogens is 1. The highest BCUT2D eigenvalue weighted by atomic mass is 16.7. The summed E-state index contributed by atoms with van der Waals surface area (Å²) in [5.41, 5.74) is 3.30. The lowest BCUT2D eigenvalue weighted by Crippen LogP contribution is -2.03. The zero-order chi connectivity index (χ0) is 22.5. The average Bonchev–Trinajstić information content (AvgIpc) is 3.30. The van der Waals surface area contributed by atoms with Crippen LogP contribution in [0.5, 0.6) is 28.9 Å². The van der Waals surface area contributed by atoms with Crippen LogP contribution in [0.2, 0.25) is 0 Å². The molecular weight excluding hydrogens is 408 g/mol. The zero-order valence-electron chi connectivity index (χ0n) is 17.8. The second-order valence-corrected chi connectivity index (χ2v) is 6.92. The second-order valence-electron chi connectivity index (χ2n) is 6.92. The van der Waals surface area contributed by atoms with E-state index in [1.807, 2.05) is 31.2 Å². The van der Waals surface area contributed by atoms with E-state index < -0.39 is 0 Å². The van der Waals surface area contributed by atoms with E-state index in [-0.39, 0.29) is 19.3 Å². The van der Waals surface area contributed by atoms with Crippen molar-refractivity contribution in [3.05, 3.63) is 65.4 Å². The molecule has 1 N–H and O–H groups in total. The predicted molar refractivity (Wildman–Crippen MR) is 119 cm³/mol. The van der Waals surface area contributed by atoms with E-state index in [4.69, 9.17) is 18.9 Å². The van der Waals surface area contributed by atoms with Crippen LogP contribution in [0, 0.1) is 11.3 Å². The molecule has 1 aromatic heterocycles. The van der Waals surface area contributed by atoms with Crippen molar-refractivity contribution in [3.8, 4) is 46.1 Å². The summed E-state index contributed by atoms with van der Waals surface area (Å²) in [5.74, 6) is 2.62. The summed E-state index contributed by atoms with van der Waals surface area (Å²) < 4.78 is 22.1. The van der Waals surface area contributed by atoms with Gasteiger partial charge in [0, 0.05) is 17.2 Å². The lowest BCUT2D eigenvalue weighted by Gasteiger charge is -2.17. The first-order valence-corrected chi connectivity index (χ1v) is 10.1. The smallest absolute Gasteiger partial charge is 0.238 e. The van der Waals surface area contributed by atoms with Crippen molar-refractivity contribution in [2.75, 3.05) is 20.5 Å². The first kappa shape index (κ1) is 21.2. The molecule has 0 spiro atoms. The molecule has 7 nitrogen and oxygen atoms in total. The largest absolute Gasteiger partial charge is 0.497 e. The minimum absolute atomic E-state index is 0.122. The minimum atomic E-state index is -0.122. The molecule has 0 saturated carbocycles. The van der Waals surface area contributed by atoms with Crippen molar-refractivity contribution < 1.29 is 24.1 Å². The number of hydrogen-bond donors (Lipinski definition) is 1. The molecule has 0 bridgehead atoms. The molecule has 2 heterocycles. The van der Waals surface area contributed by atoms with Gasteiger partial charge >= 0.3 is 0 Å². The first-order valence-electron chi connectivity index (χ1n) is 10.1. The van der Waals surface area contributed by atoms with Gasteiger partial charge in [0.25, 0.3) is 0 Å². The fourth-order valence-electron chi connectivity index (χ4n) is 3.53. The fourth-order valence-corrected chi connectivity index (χ4v) is 3.53. The van der Waals surface area contributed by atoms with Crippen LogP contribution in [0.3, 0.4) is 0 Å². The Labute approximate surface area is 186 Å². The number of nitriles is 1. The topological polar surface area (TPSA) is 93.8 Å². The van der Waals surface area contributed by atoms with Gasteiger partial charge in [-0.25, -0.2) is 4.98 Å². The Morgan fingerprint density at radius 2 is 1.88 bits per heavy atom. The van der Waals surface area contributed by atoms with Gasteiger partial charge in [-0.3, -0.25) is 0 Å². The van der Waals surface area contributed by atoms with Crippen molar-refractivity contribution in [1.82, 2.24) is 4.98 Å². The number of nitrogens with zero attached hydrogens (tertiary/aromatic N) is 2. The van der Waals surface area contributed by atoms with Gasteiger partial charge < -0.3 is 24.1 Å². The molecule has 1 aliphatic rings. The normalized spacial score (nSPS) is 12.1. The minimum Gasteiger partial charge on any atom is -0.497 e. The number of ether oxygens (including phenoxy) is 4. The summed E-state index contributed by atoms with van der Waals surface area (Å²) >= 11 is 0. The maximum Gasteiger partial charge on any atom is 0.238 e. The SMILES string of the molecule is CCc1nc(Oc2ccc3c(c2)OCO3)c(C#N)c(-c2ccc(OC)cc2)c1C=CCO. The molecule has 0 saturated heterocycles. The maximum absolute atomic E-state index is 10.1. The Kier molecular flexibility index (Phi) is 6.24. The van der Waals surface area contributed by atoms with Gasteiger partial charge in [0.1, 0.15) is 23.1 Å². The number of hydrogen-bond acceptors (Lipinski definition) is 7. The highest BCUT2D eigenvalue weighted by molar-refractivity contribution is 5.83. The molecule has 0 radical (unpaired) electrons. The number of pyridine rings is 1. The Balaban J connectivity index is 1.88. The quantitative estimate of drug-likeness (QED) is 0.580. The van der Waals surface area contributed by atoms with Gasteiger partial charge in [0.2, 0.25) is 12.7 Å². The molecule has 162 valence electrons. The van der Waals surface area contributed by atoms with E-state index >= 15 is 0 Å². The van der Waals surface area contributed by atoms with E-state index in [1.54, 1.807) is 37.5 Å². The molecule has 32 heavy (non-hydrogen) atoms. The van der Waals surface area contributed by atoms with Crippen LogP contribution in [0.25, 0.3) is 17.2 Å². The van der Waals surface area contributed by atoms with E-state index in [9.17, 15) is 10.4 Å². The van der Waals surface area contributed by atoms with Crippen LogP contribution in [-0.4, -0.2) is 30.6 Å². The van der Waals surface area contributed by atoms with Crippen LogP contribution in [0.4, 0.5) is 0 Å².